The molecule has 2 N–H and O–H groups in total. The molecule has 0 radical (unpaired) electrons. The lowest BCUT2D eigenvalue weighted by atomic mass is 10.1. The van der Waals surface area contributed by atoms with Crippen molar-refractivity contribution in [2.75, 3.05) is 11.9 Å². The van der Waals surface area contributed by atoms with Gasteiger partial charge in [0.2, 0.25) is 10.0 Å². The number of carbonyl (C=O) groups is 1. The normalized spacial score (nSPS) is 11.7. The summed E-state index contributed by atoms with van der Waals surface area (Å²) < 4.78 is 29.1. The number of fused-ring (bicyclic) bond motifs is 1. The minimum atomic E-state index is -3.62. The monoisotopic (exact) mass is 415 g/mol. The summed E-state index contributed by atoms with van der Waals surface area (Å²) in [5, 5.41) is 7.91. The molecule has 0 aliphatic carbocycles. The Morgan fingerprint density at radius 2 is 1.93 bits per heavy atom. The van der Waals surface area contributed by atoms with Crippen molar-refractivity contribution < 1.29 is 13.2 Å². The summed E-state index contributed by atoms with van der Waals surface area (Å²) in [4.78, 5) is 17.4. The van der Waals surface area contributed by atoms with Gasteiger partial charge < -0.3 is 5.32 Å². The van der Waals surface area contributed by atoms with E-state index in [0.29, 0.717) is 29.1 Å². The van der Waals surface area contributed by atoms with Crippen LogP contribution in [-0.2, 0) is 17.1 Å². The molecule has 1 aromatic carbocycles. The Balaban J connectivity index is 1.85. The first-order valence-electron chi connectivity index (χ1n) is 9.45. The van der Waals surface area contributed by atoms with E-state index in [0.717, 1.165) is 23.9 Å². The van der Waals surface area contributed by atoms with E-state index >= 15 is 0 Å². The Kier molecular flexibility index (Phi) is 5.99. The average molecular weight is 416 g/mol. The van der Waals surface area contributed by atoms with E-state index in [-0.39, 0.29) is 10.8 Å². The highest BCUT2D eigenvalue weighted by Gasteiger charge is 2.17. The number of aryl methyl sites for hydroxylation is 3. The van der Waals surface area contributed by atoms with Crippen molar-refractivity contribution in [3.05, 3.63) is 47.3 Å². The summed E-state index contributed by atoms with van der Waals surface area (Å²) in [6, 6.07) is 7.97. The molecule has 2 heterocycles. The number of hydrogen-bond donors (Lipinski definition) is 2. The van der Waals surface area contributed by atoms with E-state index in [4.69, 9.17) is 0 Å². The molecular formula is C20H25N5O3S. The molecule has 0 unspecified atom stereocenters. The number of sulfonamides is 1. The van der Waals surface area contributed by atoms with Crippen LogP contribution in [0.4, 0.5) is 5.69 Å². The molecule has 8 nitrogen and oxygen atoms in total. The summed E-state index contributed by atoms with van der Waals surface area (Å²) in [6.07, 6.45) is 1.66. The largest absolute Gasteiger partial charge is 0.322 e. The van der Waals surface area contributed by atoms with Crippen molar-refractivity contribution in [3.8, 4) is 0 Å². The first-order valence-corrected chi connectivity index (χ1v) is 10.9. The molecule has 0 atom stereocenters. The van der Waals surface area contributed by atoms with E-state index in [2.05, 4.69) is 20.1 Å². The van der Waals surface area contributed by atoms with Gasteiger partial charge in [-0.05, 0) is 44.5 Å². The fourth-order valence-corrected chi connectivity index (χ4v) is 4.19. The molecular weight excluding hydrogens is 390 g/mol. The summed E-state index contributed by atoms with van der Waals surface area (Å²) in [5.74, 6) is -0.353. The number of benzene rings is 1. The van der Waals surface area contributed by atoms with Gasteiger partial charge in [0.25, 0.3) is 5.91 Å². The SMILES string of the molecule is CCCCNS(=O)(=O)c1cccc(NC(=O)c2cc3c(C)nn(C)c3nc2C)c1. The second-order valence-corrected chi connectivity index (χ2v) is 8.70. The van der Waals surface area contributed by atoms with Crippen molar-refractivity contribution in [3.63, 3.8) is 0 Å². The number of nitrogens with zero attached hydrogens (tertiary/aromatic N) is 3. The van der Waals surface area contributed by atoms with Crippen LogP contribution in [0.2, 0.25) is 0 Å². The number of pyridine rings is 1. The molecule has 9 heteroatoms. The Morgan fingerprint density at radius 1 is 1.17 bits per heavy atom. The topological polar surface area (TPSA) is 106 Å². The van der Waals surface area contributed by atoms with Gasteiger partial charge >= 0.3 is 0 Å². The van der Waals surface area contributed by atoms with Crippen LogP contribution >= 0.6 is 0 Å². The summed E-state index contributed by atoms with van der Waals surface area (Å²) in [6.45, 7) is 5.99. The Hall–Kier alpha value is -2.78. The zero-order chi connectivity index (χ0) is 21.2. The Labute approximate surface area is 170 Å². The third kappa shape index (κ3) is 4.46. The van der Waals surface area contributed by atoms with E-state index in [1.54, 1.807) is 29.8 Å². The fraction of sp³-hybridized carbons (Fsp3) is 0.350. The number of unbranched alkanes of at least 4 members (excludes halogenated alkanes) is 1. The quantitative estimate of drug-likeness (QED) is 0.577. The van der Waals surface area contributed by atoms with Crippen molar-refractivity contribution in [2.24, 2.45) is 7.05 Å². The lowest BCUT2D eigenvalue weighted by Crippen LogP contribution is -2.25. The third-order valence-electron chi connectivity index (χ3n) is 4.66. The Morgan fingerprint density at radius 3 is 2.66 bits per heavy atom. The summed E-state index contributed by atoms with van der Waals surface area (Å²) in [5.41, 5.74) is 2.89. The fourth-order valence-electron chi connectivity index (χ4n) is 3.07. The molecule has 1 amide bonds. The van der Waals surface area contributed by atoms with Gasteiger partial charge in [-0.2, -0.15) is 5.10 Å². The zero-order valence-corrected chi connectivity index (χ0v) is 17.8. The number of aromatic nitrogens is 3. The van der Waals surface area contributed by atoms with Gasteiger partial charge in [-0.15, -0.1) is 0 Å². The van der Waals surface area contributed by atoms with Crippen LogP contribution in [0.5, 0.6) is 0 Å². The predicted molar refractivity (Wildman–Crippen MR) is 112 cm³/mol. The van der Waals surface area contributed by atoms with Crippen LogP contribution in [0.3, 0.4) is 0 Å². The number of rotatable bonds is 7. The molecule has 0 spiro atoms. The van der Waals surface area contributed by atoms with Crippen molar-refractivity contribution >= 4 is 32.7 Å². The molecule has 0 aliphatic heterocycles. The van der Waals surface area contributed by atoms with Gasteiger partial charge in [0.05, 0.1) is 21.8 Å². The highest BCUT2D eigenvalue weighted by molar-refractivity contribution is 7.89. The van der Waals surface area contributed by atoms with Gasteiger partial charge in [0, 0.05) is 24.7 Å². The van der Waals surface area contributed by atoms with Gasteiger partial charge in [-0.25, -0.2) is 18.1 Å². The minimum absolute atomic E-state index is 0.111. The molecule has 3 rings (SSSR count). The maximum atomic E-state index is 12.8. The van der Waals surface area contributed by atoms with Crippen molar-refractivity contribution in [1.82, 2.24) is 19.5 Å². The number of amides is 1. The molecule has 2 aromatic heterocycles. The zero-order valence-electron chi connectivity index (χ0n) is 17.0. The predicted octanol–water partition coefficient (Wildman–Crippen LogP) is 2.92. The number of hydrogen-bond acceptors (Lipinski definition) is 5. The van der Waals surface area contributed by atoms with Gasteiger partial charge in [-0.1, -0.05) is 19.4 Å². The summed E-state index contributed by atoms with van der Waals surface area (Å²) >= 11 is 0. The first-order chi connectivity index (χ1) is 13.7. The van der Waals surface area contributed by atoms with Crippen LogP contribution in [0.1, 0.15) is 41.5 Å². The molecule has 0 bridgehead atoms. The molecule has 154 valence electrons. The smallest absolute Gasteiger partial charge is 0.257 e. The van der Waals surface area contributed by atoms with E-state index in [1.165, 1.54) is 12.1 Å². The maximum absolute atomic E-state index is 12.8. The van der Waals surface area contributed by atoms with Crippen LogP contribution < -0.4 is 10.0 Å². The molecule has 0 fully saturated rings. The second-order valence-electron chi connectivity index (χ2n) is 6.93. The van der Waals surface area contributed by atoms with Crippen LogP contribution in [0.15, 0.2) is 35.2 Å². The molecule has 0 aliphatic rings. The second kappa shape index (κ2) is 8.30. The molecule has 3 aromatic rings. The number of anilines is 1. The summed E-state index contributed by atoms with van der Waals surface area (Å²) in [7, 11) is -1.81. The van der Waals surface area contributed by atoms with Crippen LogP contribution in [0.25, 0.3) is 11.0 Å². The first kappa shape index (κ1) is 20.9. The van der Waals surface area contributed by atoms with E-state index in [1.807, 2.05) is 20.9 Å². The van der Waals surface area contributed by atoms with Gasteiger partial charge in [0.15, 0.2) is 5.65 Å². The standard InChI is InChI=1S/C20H25N5O3S/c1-5-6-10-21-29(27,28)16-9-7-8-15(11-16)23-20(26)18-12-17-14(3)24-25(4)19(17)22-13(18)2/h7-9,11-12,21H,5-6,10H2,1-4H3,(H,23,26). The number of carbonyl (C=O) groups excluding carboxylic acids is 1. The van der Waals surface area contributed by atoms with Gasteiger partial charge in [0.1, 0.15) is 0 Å². The van der Waals surface area contributed by atoms with Crippen molar-refractivity contribution in [2.45, 2.75) is 38.5 Å². The average Bonchev–Trinajstić information content (AvgIpc) is 2.94. The lowest BCUT2D eigenvalue weighted by Gasteiger charge is -2.10. The van der Waals surface area contributed by atoms with Crippen LogP contribution in [0, 0.1) is 13.8 Å². The van der Waals surface area contributed by atoms with Crippen molar-refractivity contribution in [1.29, 1.82) is 0 Å². The molecule has 0 saturated heterocycles. The minimum Gasteiger partial charge on any atom is -0.322 e. The Bertz CT molecular complexity index is 1170. The highest BCUT2D eigenvalue weighted by Crippen LogP contribution is 2.21. The van der Waals surface area contributed by atoms with E-state index < -0.39 is 10.0 Å². The molecule has 29 heavy (non-hydrogen) atoms. The van der Waals surface area contributed by atoms with E-state index in [9.17, 15) is 13.2 Å². The number of nitrogens with one attached hydrogen (secondary N) is 2. The third-order valence-corrected chi connectivity index (χ3v) is 6.12. The highest BCUT2D eigenvalue weighted by atomic mass is 32.2. The molecule has 0 saturated carbocycles. The van der Waals surface area contributed by atoms with Gasteiger partial charge in [-0.3, -0.25) is 9.48 Å². The van der Waals surface area contributed by atoms with Crippen LogP contribution in [-0.4, -0.2) is 35.6 Å². The lowest BCUT2D eigenvalue weighted by molar-refractivity contribution is 0.102. The maximum Gasteiger partial charge on any atom is 0.257 e.